The van der Waals surface area contributed by atoms with Crippen LogP contribution in [0.15, 0.2) is 34.2 Å². The van der Waals surface area contributed by atoms with E-state index in [0.29, 0.717) is 5.16 Å². The molecule has 2 N–H and O–H groups in total. The number of fused-ring (bicyclic) bond motifs is 3. The molecule has 1 amide bonds. The fourth-order valence-electron chi connectivity index (χ4n) is 3.18. The minimum Gasteiger partial charge on any atom is -0.369 e. The Hall–Kier alpha value is -2.12. The van der Waals surface area contributed by atoms with Gasteiger partial charge in [-0.05, 0) is 43.9 Å². The second-order valence-corrected chi connectivity index (χ2v) is 8.19. The van der Waals surface area contributed by atoms with Crippen LogP contribution in [0.1, 0.15) is 22.4 Å². The van der Waals surface area contributed by atoms with E-state index >= 15 is 0 Å². The number of benzene rings is 1. The second-order valence-electron chi connectivity index (χ2n) is 6.16. The number of aromatic nitrogens is 2. The van der Waals surface area contributed by atoms with E-state index in [9.17, 15) is 9.59 Å². The number of rotatable bonds is 4. The van der Waals surface area contributed by atoms with E-state index in [4.69, 9.17) is 10.7 Å². The van der Waals surface area contributed by atoms with Crippen molar-refractivity contribution in [1.82, 2.24) is 9.55 Å². The highest BCUT2D eigenvalue weighted by molar-refractivity contribution is 7.99. The van der Waals surface area contributed by atoms with Crippen molar-refractivity contribution >= 4 is 39.2 Å². The number of nitrogens with two attached hydrogens (primary N) is 1. The van der Waals surface area contributed by atoms with Gasteiger partial charge in [0.1, 0.15) is 4.83 Å². The van der Waals surface area contributed by atoms with Crippen LogP contribution < -0.4 is 11.3 Å². The van der Waals surface area contributed by atoms with Crippen LogP contribution in [0.25, 0.3) is 15.9 Å². The van der Waals surface area contributed by atoms with Crippen LogP contribution in [0.3, 0.4) is 0 Å². The van der Waals surface area contributed by atoms with Gasteiger partial charge in [-0.3, -0.25) is 14.2 Å². The number of thioether (sulfide) groups is 1. The van der Waals surface area contributed by atoms with Crippen molar-refractivity contribution in [1.29, 1.82) is 0 Å². The Morgan fingerprint density at radius 1 is 1.32 bits per heavy atom. The zero-order valence-electron chi connectivity index (χ0n) is 13.7. The molecule has 0 spiro atoms. The summed E-state index contributed by atoms with van der Waals surface area (Å²) < 4.78 is 1.61. The van der Waals surface area contributed by atoms with Gasteiger partial charge in [-0.2, -0.15) is 0 Å². The van der Waals surface area contributed by atoms with Crippen LogP contribution in [0, 0.1) is 6.92 Å². The van der Waals surface area contributed by atoms with Crippen molar-refractivity contribution in [3.63, 3.8) is 0 Å². The van der Waals surface area contributed by atoms with Crippen LogP contribution in [0.4, 0.5) is 0 Å². The summed E-state index contributed by atoms with van der Waals surface area (Å²) in [6, 6.07) is 7.75. The Morgan fingerprint density at radius 2 is 2.08 bits per heavy atom. The van der Waals surface area contributed by atoms with Gasteiger partial charge in [-0.15, -0.1) is 11.3 Å². The Kier molecular flexibility index (Phi) is 4.13. The third kappa shape index (κ3) is 2.87. The summed E-state index contributed by atoms with van der Waals surface area (Å²) in [7, 11) is 0. The molecule has 0 saturated heterocycles. The molecule has 2 aromatic heterocycles. The van der Waals surface area contributed by atoms with Gasteiger partial charge in [0, 0.05) is 4.88 Å². The summed E-state index contributed by atoms with van der Waals surface area (Å²) in [6.07, 6.45) is 3.05. The predicted molar refractivity (Wildman–Crippen MR) is 102 cm³/mol. The summed E-state index contributed by atoms with van der Waals surface area (Å²) in [5.41, 5.74) is 8.27. The van der Waals surface area contributed by atoms with Gasteiger partial charge < -0.3 is 5.73 Å². The van der Waals surface area contributed by atoms with Crippen molar-refractivity contribution in [3.05, 3.63) is 50.6 Å². The number of primary amides is 1. The lowest BCUT2D eigenvalue weighted by Gasteiger charge is -2.12. The maximum absolute atomic E-state index is 13.3. The van der Waals surface area contributed by atoms with Gasteiger partial charge in [0.05, 0.1) is 16.8 Å². The molecular weight excluding hydrogens is 354 g/mol. The lowest BCUT2D eigenvalue weighted by Crippen LogP contribution is -2.23. The van der Waals surface area contributed by atoms with Gasteiger partial charge in [-0.25, -0.2) is 4.98 Å². The van der Waals surface area contributed by atoms with Crippen molar-refractivity contribution in [3.8, 4) is 5.69 Å². The predicted octanol–water partition coefficient (Wildman–Crippen LogP) is 2.82. The zero-order chi connectivity index (χ0) is 17.6. The normalized spacial score (nSPS) is 13.3. The van der Waals surface area contributed by atoms with Crippen molar-refractivity contribution in [2.45, 2.75) is 31.3 Å². The molecule has 0 unspecified atom stereocenters. The molecule has 0 saturated carbocycles. The second kappa shape index (κ2) is 6.31. The third-order valence-electron chi connectivity index (χ3n) is 4.34. The SMILES string of the molecule is Cc1ccc(-n2c(SCC(N)=O)nc3sc4c(c3c2=O)CCC4)cc1. The third-order valence-corrected chi connectivity index (χ3v) is 6.49. The fourth-order valence-corrected chi connectivity index (χ4v) is 5.23. The molecule has 0 radical (unpaired) electrons. The van der Waals surface area contributed by atoms with Crippen LogP contribution in [-0.4, -0.2) is 21.2 Å². The standard InChI is InChI=1S/C18H17N3O2S2/c1-10-5-7-11(8-6-10)21-17(23)15-12-3-2-4-13(12)25-16(15)20-18(21)24-9-14(19)22/h5-8H,2-4,9H2,1H3,(H2,19,22). The maximum atomic E-state index is 13.3. The maximum Gasteiger partial charge on any atom is 0.267 e. The quantitative estimate of drug-likeness (QED) is 0.565. The number of aryl methyl sites for hydroxylation is 3. The van der Waals surface area contributed by atoms with Crippen molar-refractivity contribution < 1.29 is 4.79 Å². The van der Waals surface area contributed by atoms with Crippen molar-refractivity contribution in [2.24, 2.45) is 5.73 Å². The van der Waals surface area contributed by atoms with Crippen LogP contribution in [0.5, 0.6) is 0 Å². The molecule has 3 aromatic rings. The number of amides is 1. The summed E-state index contributed by atoms with van der Waals surface area (Å²) >= 11 is 2.81. The Balaban J connectivity index is 1.97. The highest BCUT2D eigenvalue weighted by Crippen LogP contribution is 2.36. The summed E-state index contributed by atoms with van der Waals surface area (Å²) in [5, 5.41) is 1.25. The van der Waals surface area contributed by atoms with Gasteiger partial charge in [0.15, 0.2) is 5.16 Å². The summed E-state index contributed by atoms with van der Waals surface area (Å²) in [4.78, 5) is 31.3. The lowest BCUT2D eigenvalue weighted by atomic mass is 10.2. The Labute approximate surface area is 152 Å². The molecule has 0 fully saturated rings. The average molecular weight is 371 g/mol. The molecule has 25 heavy (non-hydrogen) atoms. The van der Waals surface area contributed by atoms with E-state index < -0.39 is 5.91 Å². The fraction of sp³-hybridized carbons (Fsp3) is 0.278. The molecule has 0 atom stereocenters. The molecular formula is C18H17N3O2S2. The van der Waals surface area contributed by atoms with E-state index in [1.165, 1.54) is 16.6 Å². The van der Waals surface area contributed by atoms with E-state index in [0.717, 1.165) is 46.3 Å². The highest BCUT2D eigenvalue weighted by Gasteiger charge is 2.24. The van der Waals surface area contributed by atoms with E-state index in [1.54, 1.807) is 15.9 Å². The molecule has 5 nitrogen and oxygen atoms in total. The number of nitrogens with zero attached hydrogens (tertiary/aromatic N) is 2. The molecule has 2 heterocycles. The molecule has 0 aliphatic heterocycles. The topological polar surface area (TPSA) is 78.0 Å². The number of carbonyl (C=O) groups excluding carboxylic acids is 1. The van der Waals surface area contributed by atoms with Gasteiger partial charge in [0.2, 0.25) is 5.91 Å². The van der Waals surface area contributed by atoms with Gasteiger partial charge in [-0.1, -0.05) is 29.5 Å². The van der Waals surface area contributed by atoms with Crippen LogP contribution >= 0.6 is 23.1 Å². The van der Waals surface area contributed by atoms with Crippen LogP contribution in [0.2, 0.25) is 0 Å². The molecule has 1 aromatic carbocycles. The largest absolute Gasteiger partial charge is 0.369 e. The highest BCUT2D eigenvalue weighted by atomic mass is 32.2. The molecule has 1 aliphatic rings. The average Bonchev–Trinajstić information content (AvgIpc) is 3.14. The smallest absolute Gasteiger partial charge is 0.267 e. The van der Waals surface area contributed by atoms with Gasteiger partial charge >= 0.3 is 0 Å². The number of carbonyl (C=O) groups is 1. The molecule has 128 valence electrons. The number of hydrogen-bond acceptors (Lipinski definition) is 5. The van der Waals surface area contributed by atoms with Gasteiger partial charge in [0.25, 0.3) is 5.56 Å². The molecule has 0 bridgehead atoms. The van der Waals surface area contributed by atoms with Crippen molar-refractivity contribution in [2.75, 3.05) is 5.75 Å². The molecule has 4 rings (SSSR count). The first-order valence-electron chi connectivity index (χ1n) is 8.10. The van der Waals surface area contributed by atoms with E-state index in [1.807, 2.05) is 31.2 Å². The minimum atomic E-state index is -0.427. The van der Waals surface area contributed by atoms with E-state index in [2.05, 4.69) is 0 Å². The molecule has 1 aliphatic carbocycles. The summed E-state index contributed by atoms with van der Waals surface area (Å²) in [5.74, 6) is -0.335. The number of thiophene rings is 1. The molecule has 7 heteroatoms. The number of hydrogen-bond donors (Lipinski definition) is 1. The minimum absolute atomic E-state index is 0.0553. The Bertz CT molecular complexity index is 1040. The Morgan fingerprint density at radius 3 is 2.80 bits per heavy atom. The van der Waals surface area contributed by atoms with E-state index in [-0.39, 0.29) is 11.3 Å². The monoisotopic (exact) mass is 371 g/mol. The first-order chi connectivity index (χ1) is 12.0. The summed E-state index contributed by atoms with van der Waals surface area (Å²) in [6.45, 7) is 2.00. The lowest BCUT2D eigenvalue weighted by molar-refractivity contribution is -0.115. The zero-order valence-corrected chi connectivity index (χ0v) is 15.4. The van der Waals surface area contributed by atoms with Crippen LogP contribution in [-0.2, 0) is 17.6 Å². The first-order valence-corrected chi connectivity index (χ1v) is 9.90. The first kappa shape index (κ1) is 16.4.